The summed E-state index contributed by atoms with van der Waals surface area (Å²) in [5.41, 5.74) is 4.66. The van der Waals surface area contributed by atoms with Crippen LogP contribution in [0.2, 0.25) is 0 Å². The highest BCUT2D eigenvalue weighted by atomic mass is 32.2. The molecule has 0 bridgehead atoms. The van der Waals surface area contributed by atoms with Crippen molar-refractivity contribution in [3.8, 4) is 5.75 Å². The molecule has 1 heterocycles. The van der Waals surface area contributed by atoms with E-state index < -0.39 is 21.8 Å². The fraction of sp³-hybridized carbons (Fsp3) is 0.217. The molecular weight excluding hydrogens is 446 g/mol. The Morgan fingerprint density at radius 3 is 2.48 bits per heavy atom. The van der Waals surface area contributed by atoms with Crippen molar-refractivity contribution in [2.75, 3.05) is 32.9 Å². The van der Waals surface area contributed by atoms with Gasteiger partial charge in [0, 0.05) is 24.0 Å². The standard InChI is InChI=1S/C23H23N3O6S/c27-22(16-32-21-10-4-6-17-5-1-2-9-20(17)21)24-25-23(28)18-7-3-8-19(15-18)33(29,30)26-11-13-31-14-12-26/h1-10,15H,11-14,16H2,(H,24,27)(H,25,28). The van der Waals surface area contributed by atoms with Gasteiger partial charge in [0.2, 0.25) is 10.0 Å². The maximum atomic E-state index is 12.8. The van der Waals surface area contributed by atoms with Crippen LogP contribution in [0.3, 0.4) is 0 Å². The summed E-state index contributed by atoms with van der Waals surface area (Å²) in [5.74, 6) is -0.656. The SMILES string of the molecule is O=C(COc1cccc2ccccc12)NNC(=O)c1cccc(S(=O)(=O)N2CCOCC2)c1. The zero-order valence-corrected chi connectivity index (χ0v) is 18.5. The topological polar surface area (TPSA) is 114 Å². The third kappa shape index (κ3) is 5.30. The van der Waals surface area contributed by atoms with E-state index in [2.05, 4.69) is 10.9 Å². The fourth-order valence-corrected chi connectivity index (χ4v) is 4.89. The molecule has 9 nitrogen and oxygen atoms in total. The number of sulfonamides is 1. The molecule has 10 heteroatoms. The summed E-state index contributed by atoms with van der Waals surface area (Å²) in [4.78, 5) is 24.6. The van der Waals surface area contributed by atoms with Crippen molar-refractivity contribution in [2.45, 2.75) is 4.90 Å². The normalized spacial score (nSPS) is 14.5. The van der Waals surface area contributed by atoms with E-state index in [1.807, 2.05) is 36.4 Å². The lowest BCUT2D eigenvalue weighted by Gasteiger charge is -2.26. The Kier molecular flexibility index (Phi) is 6.87. The van der Waals surface area contributed by atoms with E-state index in [0.29, 0.717) is 19.0 Å². The number of hydrogen-bond donors (Lipinski definition) is 2. The van der Waals surface area contributed by atoms with Crippen LogP contribution in [0, 0.1) is 0 Å². The lowest BCUT2D eigenvalue weighted by Crippen LogP contribution is -2.44. The predicted octanol–water partition coefficient (Wildman–Crippen LogP) is 1.70. The monoisotopic (exact) mass is 469 g/mol. The Hall–Kier alpha value is -3.47. The summed E-state index contributed by atoms with van der Waals surface area (Å²) in [6, 6.07) is 18.8. The summed E-state index contributed by atoms with van der Waals surface area (Å²) in [6.07, 6.45) is 0. The molecular formula is C23H23N3O6S. The number of carbonyl (C=O) groups excluding carboxylic acids is 2. The zero-order chi connectivity index (χ0) is 23.3. The third-order valence-corrected chi connectivity index (χ3v) is 7.02. The zero-order valence-electron chi connectivity index (χ0n) is 17.7. The second kappa shape index (κ2) is 9.99. The number of hydrazine groups is 1. The maximum absolute atomic E-state index is 12.8. The molecule has 0 saturated carbocycles. The van der Waals surface area contributed by atoms with Crippen molar-refractivity contribution in [1.29, 1.82) is 0 Å². The first kappa shape index (κ1) is 22.7. The minimum absolute atomic E-state index is 0.00247. The van der Waals surface area contributed by atoms with Gasteiger partial charge in [-0.15, -0.1) is 0 Å². The Morgan fingerprint density at radius 2 is 1.67 bits per heavy atom. The van der Waals surface area contributed by atoms with Crippen molar-refractivity contribution in [2.24, 2.45) is 0 Å². The molecule has 172 valence electrons. The number of amides is 2. The van der Waals surface area contributed by atoms with Gasteiger partial charge in [0.15, 0.2) is 6.61 Å². The molecule has 0 aromatic heterocycles. The van der Waals surface area contributed by atoms with Gasteiger partial charge >= 0.3 is 0 Å². The van der Waals surface area contributed by atoms with Crippen LogP contribution >= 0.6 is 0 Å². The third-order valence-electron chi connectivity index (χ3n) is 5.13. The molecule has 3 aromatic carbocycles. The molecule has 0 atom stereocenters. The first-order valence-electron chi connectivity index (χ1n) is 10.3. The summed E-state index contributed by atoms with van der Waals surface area (Å²) >= 11 is 0. The van der Waals surface area contributed by atoms with E-state index in [9.17, 15) is 18.0 Å². The maximum Gasteiger partial charge on any atom is 0.276 e. The number of benzene rings is 3. The van der Waals surface area contributed by atoms with Crippen molar-refractivity contribution in [3.63, 3.8) is 0 Å². The minimum Gasteiger partial charge on any atom is -0.483 e. The van der Waals surface area contributed by atoms with Gasteiger partial charge in [-0.3, -0.25) is 20.4 Å². The van der Waals surface area contributed by atoms with Crippen molar-refractivity contribution < 1.29 is 27.5 Å². The van der Waals surface area contributed by atoms with Crippen LogP contribution in [0.15, 0.2) is 71.6 Å². The number of carbonyl (C=O) groups is 2. The summed E-state index contributed by atoms with van der Waals surface area (Å²) in [6.45, 7) is 0.856. The molecule has 0 spiro atoms. The van der Waals surface area contributed by atoms with Crippen LogP contribution in [0.5, 0.6) is 5.75 Å². The van der Waals surface area contributed by atoms with Gasteiger partial charge in [-0.2, -0.15) is 4.31 Å². The van der Waals surface area contributed by atoms with Crippen LogP contribution in [0.25, 0.3) is 10.8 Å². The van der Waals surface area contributed by atoms with E-state index in [-0.39, 0.29) is 30.2 Å². The number of fused-ring (bicyclic) bond motifs is 1. The van der Waals surface area contributed by atoms with Crippen LogP contribution in [-0.4, -0.2) is 57.4 Å². The number of nitrogens with one attached hydrogen (secondary N) is 2. The fourth-order valence-electron chi connectivity index (χ4n) is 3.43. The number of morpholine rings is 1. The van der Waals surface area contributed by atoms with Gasteiger partial charge in [-0.25, -0.2) is 8.42 Å². The van der Waals surface area contributed by atoms with E-state index in [1.165, 1.54) is 28.6 Å². The van der Waals surface area contributed by atoms with Crippen molar-refractivity contribution in [3.05, 3.63) is 72.3 Å². The molecule has 2 N–H and O–H groups in total. The Bertz CT molecular complexity index is 1270. The molecule has 1 fully saturated rings. The van der Waals surface area contributed by atoms with Gasteiger partial charge in [0.25, 0.3) is 11.8 Å². The van der Waals surface area contributed by atoms with Crippen LogP contribution in [0.1, 0.15) is 10.4 Å². The second-order valence-corrected chi connectivity index (χ2v) is 9.25. The summed E-state index contributed by atoms with van der Waals surface area (Å²) in [7, 11) is -3.74. The lowest BCUT2D eigenvalue weighted by molar-refractivity contribution is -0.123. The van der Waals surface area contributed by atoms with Crippen molar-refractivity contribution in [1.82, 2.24) is 15.2 Å². The number of hydrogen-bond acceptors (Lipinski definition) is 6. The molecule has 0 radical (unpaired) electrons. The first-order valence-corrected chi connectivity index (χ1v) is 11.8. The molecule has 2 amide bonds. The molecule has 1 aliphatic rings. The smallest absolute Gasteiger partial charge is 0.276 e. The average molecular weight is 470 g/mol. The largest absolute Gasteiger partial charge is 0.483 e. The number of ether oxygens (including phenoxy) is 2. The average Bonchev–Trinajstić information content (AvgIpc) is 2.86. The minimum atomic E-state index is -3.74. The number of rotatable bonds is 6. The van der Waals surface area contributed by atoms with Gasteiger partial charge in [0.1, 0.15) is 5.75 Å². The molecule has 3 aromatic rings. The predicted molar refractivity (Wildman–Crippen MR) is 121 cm³/mol. The Labute approximate surface area is 191 Å². The van der Waals surface area contributed by atoms with E-state index >= 15 is 0 Å². The molecule has 0 unspecified atom stereocenters. The second-order valence-electron chi connectivity index (χ2n) is 7.31. The Balaban J connectivity index is 1.35. The van der Waals surface area contributed by atoms with Crippen molar-refractivity contribution >= 4 is 32.6 Å². The highest BCUT2D eigenvalue weighted by Crippen LogP contribution is 2.25. The lowest BCUT2D eigenvalue weighted by atomic mass is 10.1. The van der Waals surface area contributed by atoms with Crippen LogP contribution < -0.4 is 15.6 Å². The van der Waals surface area contributed by atoms with Gasteiger partial charge in [-0.1, -0.05) is 42.5 Å². The number of nitrogens with zero attached hydrogens (tertiary/aromatic N) is 1. The quantitative estimate of drug-likeness (QED) is 0.531. The van der Waals surface area contributed by atoms with Gasteiger partial charge in [0.05, 0.1) is 18.1 Å². The highest BCUT2D eigenvalue weighted by Gasteiger charge is 2.26. The van der Waals surface area contributed by atoms with Gasteiger partial charge < -0.3 is 9.47 Å². The molecule has 0 aliphatic carbocycles. The summed E-state index contributed by atoms with van der Waals surface area (Å²) < 4.78 is 37.7. The molecule has 4 rings (SSSR count). The highest BCUT2D eigenvalue weighted by molar-refractivity contribution is 7.89. The summed E-state index contributed by atoms with van der Waals surface area (Å²) in [5, 5.41) is 1.85. The van der Waals surface area contributed by atoms with Gasteiger partial charge in [-0.05, 0) is 29.7 Å². The molecule has 33 heavy (non-hydrogen) atoms. The van der Waals surface area contributed by atoms with E-state index in [1.54, 1.807) is 6.07 Å². The first-order chi connectivity index (χ1) is 15.9. The van der Waals surface area contributed by atoms with Crippen LogP contribution in [0.4, 0.5) is 0 Å². The Morgan fingerprint density at radius 1 is 0.939 bits per heavy atom. The van der Waals surface area contributed by atoms with E-state index in [4.69, 9.17) is 9.47 Å². The molecule has 1 aliphatic heterocycles. The van der Waals surface area contributed by atoms with E-state index in [0.717, 1.165) is 10.8 Å². The van der Waals surface area contributed by atoms with Crippen LogP contribution in [-0.2, 0) is 19.6 Å². The molecule has 1 saturated heterocycles.